The van der Waals surface area contributed by atoms with E-state index in [1.54, 1.807) is 16.7 Å². The van der Waals surface area contributed by atoms with E-state index in [-0.39, 0.29) is 30.5 Å². The molecule has 0 aliphatic rings. The quantitative estimate of drug-likeness (QED) is 0.306. The van der Waals surface area contributed by atoms with E-state index >= 15 is 0 Å². The molecule has 4 rings (SSSR count). The molecule has 0 saturated heterocycles. The van der Waals surface area contributed by atoms with Crippen LogP contribution >= 0.6 is 11.8 Å². The maximum Gasteiger partial charge on any atom is 0.231 e. The SMILES string of the molecule is Cn1c(COc2ccc3ccccc3c2)nnc1SCC(=O)CC(=O)Nc1ccccc1. The predicted octanol–water partition coefficient (Wildman–Crippen LogP) is 4.24. The summed E-state index contributed by atoms with van der Waals surface area (Å²) in [5.41, 5.74) is 0.669. The molecule has 0 aliphatic heterocycles. The van der Waals surface area contributed by atoms with Crippen LogP contribution in [-0.2, 0) is 23.2 Å². The van der Waals surface area contributed by atoms with E-state index in [0.29, 0.717) is 16.7 Å². The zero-order chi connectivity index (χ0) is 22.3. The first-order valence-electron chi connectivity index (χ1n) is 10.1. The first-order chi connectivity index (χ1) is 15.6. The Bertz CT molecular complexity index is 1240. The highest BCUT2D eigenvalue weighted by Crippen LogP contribution is 2.22. The number of fused-ring (bicyclic) bond motifs is 1. The van der Waals surface area contributed by atoms with Gasteiger partial charge >= 0.3 is 0 Å². The number of thioether (sulfide) groups is 1. The van der Waals surface area contributed by atoms with Crippen LogP contribution in [0.1, 0.15) is 12.2 Å². The summed E-state index contributed by atoms with van der Waals surface area (Å²) in [6.45, 7) is 0.260. The number of amides is 1. The number of carbonyl (C=O) groups excluding carboxylic acids is 2. The Morgan fingerprint density at radius 2 is 1.72 bits per heavy atom. The lowest BCUT2D eigenvalue weighted by atomic mass is 10.1. The second kappa shape index (κ2) is 10.1. The molecule has 0 bridgehead atoms. The van der Waals surface area contributed by atoms with Crippen molar-refractivity contribution in [1.82, 2.24) is 14.8 Å². The summed E-state index contributed by atoms with van der Waals surface area (Å²) in [5, 5.41) is 13.9. The van der Waals surface area contributed by atoms with Crippen LogP contribution in [0.4, 0.5) is 5.69 Å². The van der Waals surface area contributed by atoms with E-state index in [9.17, 15) is 9.59 Å². The van der Waals surface area contributed by atoms with Crippen LogP contribution in [0.3, 0.4) is 0 Å². The lowest BCUT2D eigenvalue weighted by Gasteiger charge is -2.08. The number of nitrogens with one attached hydrogen (secondary N) is 1. The Morgan fingerprint density at radius 3 is 2.53 bits per heavy atom. The van der Waals surface area contributed by atoms with Crippen LogP contribution in [0.25, 0.3) is 10.8 Å². The summed E-state index contributed by atoms with van der Waals surface area (Å²) in [7, 11) is 1.83. The summed E-state index contributed by atoms with van der Waals surface area (Å²) < 4.78 is 7.67. The maximum absolute atomic E-state index is 12.2. The topological polar surface area (TPSA) is 86.1 Å². The molecule has 1 N–H and O–H groups in total. The number of anilines is 1. The van der Waals surface area contributed by atoms with Crippen molar-refractivity contribution in [2.75, 3.05) is 11.1 Å². The zero-order valence-electron chi connectivity index (χ0n) is 17.5. The van der Waals surface area contributed by atoms with Crippen molar-refractivity contribution in [2.24, 2.45) is 7.05 Å². The van der Waals surface area contributed by atoms with Crippen molar-refractivity contribution in [1.29, 1.82) is 0 Å². The number of carbonyl (C=O) groups is 2. The maximum atomic E-state index is 12.2. The summed E-state index contributed by atoms with van der Waals surface area (Å²) in [4.78, 5) is 24.2. The highest BCUT2D eigenvalue weighted by atomic mass is 32.2. The Labute approximate surface area is 189 Å². The zero-order valence-corrected chi connectivity index (χ0v) is 18.3. The minimum absolute atomic E-state index is 0.139. The molecular weight excluding hydrogens is 424 g/mol. The van der Waals surface area contributed by atoms with Crippen LogP contribution in [-0.4, -0.2) is 32.2 Å². The second-order valence-electron chi connectivity index (χ2n) is 7.17. The number of hydrogen-bond acceptors (Lipinski definition) is 6. The molecule has 1 aromatic heterocycles. The summed E-state index contributed by atoms with van der Waals surface area (Å²) >= 11 is 1.25. The number of aromatic nitrogens is 3. The van der Waals surface area contributed by atoms with Crippen LogP contribution in [0.5, 0.6) is 5.75 Å². The van der Waals surface area contributed by atoms with Gasteiger partial charge in [-0.25, -0.2) is 0 Å². The van der Waals surface area contributed by atoms with E-state index in [4.69, 9.17) is 4.74 Å². The normalized spacial score (nSPS) is 10.8. The van der Waals surface area contributed by atoms with Crippen molar-refractivity contribution in [3.63, 3.8) is 0 Å². The third-order valence-electron chi connectivity index (χ3n) is 4.79. The number of benzene rings is 3. The molecule has 0 saturated carbocycles. The van der Waals surface area contributed by atoms with Gasteiger partial charge in [-0.1, -0.05) is 60.3 Å². The number of Topliss-reactive ketones (excluding diaryl/α,β-unsaturated/α-hetero) is 1. The summed E-state index contributed by atoms with van der Waals surface area (Å²) in [6, 6.07) is 23.1. The van der Waals surface area contributed by atoms with Crippen molar-refractivity contribution in [2.45, 2.75) is 18.2 Å². The molecule has 3 aromatic carbocycles. The Balaban J connectivity index is 1.27. The molecule has 32 heavy (non-hydrogen) atoms. The number of hydrogen-bond donors (Lipinski definition) is 1. The minimum atomic E-state index is -0.329. The lowest BCUT2D eigenvalue weighted by Crippen LogP contribution is -2.17. The molecule has 162 valence electrons. The van der Waals surface area contributed by atoms with Gasteiger partial charge in [0.2, 0.25) is 5.91 Å². The van der Waals surface area contributed by atoms with Gasteiger partial charge in [0.05, 0.1) is 12.2 Å². The average molecular weight is 447 g/mol. The van der Waals surface area contributed by atoms with E-state index in [1.807, 2.05) is 61.6 Å². The highest BCUT2D eigenvalue weighted by molar-refractivity contribution is 7.99. The van der Waals surface area contributed by atoms with Crippen molar-refractivity contribution in [3.05, 3.63) is 78.6 Å². The van der Waals surface area contributed by atoms with Gasteiger partial charge in [0.1, 0.15) is 12.4 Å². The largest absolute Gasteiger partial charge is 0.486 e. The molecule has 0 aliphatic carbocycles. The van der Waals surface area contributed by atoms with Gasteiger partial charge in [-0.2, -0.15) is 0 Å². The van der Waals surface area contributed by atoms with Gasteiger partial charge in [0, 0.05) is 12.7 Å². The monoisotopic (exact) mass is 446 g/mol. The van der Waals surface area contributed by atoms with Crippen LogP contribution in [0.15, 0.2) is 78.0 Å². The minimum Gasteiger partial charge on any atom is -0.486 e. The number of ether oxygens (including phenoxy) is 1. The molecule has 7 nitrogen and oxygen atoms in total. The van der Waals surface area contributed by atoms with E-state index in [2.05, 4.69) is 21.6 Å². The van der Waals surface area contributed by atoms with Crippen LogP contribution < -0.4 is 10.1 Å². The number of rotatable bonds is 9. The fourth-order valence-electron chi connectivity index (χ4n) is 3.10. The molecule has 4 aromatic rings. The first-order valence-corrected chi connectivity index (χ1v) is 11.1. The molecule has 0 fully saturated rings. The van der Waals surface area contributed by atoms with Gasteiger partial charge in [-0.3, -0.25) is 9.59 Å². The number of para-hydroxylation sites is 1. The standard InChI is InChI=1S/C24H22N4O3S/c1-28-22(15-31-21-12-11-17-7-5-6-8-18(17)13-21)26-27-24(28)32-16-20(29)14-23(30)25-19-9-3-2-4-10-19/h2-13H,14-16H2,1H3,(H,25,30). The number of nitrogens with zero attached hydrogens (tertiary/aromatic N) is 3. The highest BCUT2D eigenvalue weighted by Gasteiger charge is 2.14. The molecule has 1 amide bonds. The Kier molecular flexibility index (Phi) is 6.81. The van der Waals surface area contributed by atoms with E-state index in [0.717, 1.165) is 16.5 Å². The second-order valence-corrected chi connectivity index (χ2v) is 8.12. The van der Waals surface area contributed by atoms with E-state index < -0.39 is 0 Å². The van der Waals surface area contributed by atoms with Gasteiger partial charge in [0.15, 0.2) is 16.8 Å². The summed E-state index contributed by atoms with van der Waals surface area (Å²) in [6.07, 6.45) is -0.183. The van der Waals surface area contributed by atoms with Crippen molar-refractivity contribution in [3.8, 4) is 5.75 Å². The molecule has 0 spiro atoms. The van der Waals surface area contributed by atoms with E-state index in [1.165, 1.54) is 11.8 Å². The number of ketones is 1. The lowest BCUT2D eigenvalue weighted by molar-refractivity contribution is -0.123. The molecular formula is C24H22N4O3S. The van der Waals surface area contributed by atoms with Crippen LogP contribution in [0.2, 0.25) is 0 Å². The van der Waals surface area contributed by atoms with Gasteiger partial charge in [-0.05, 0) is 35.0 Å². The molecule has 8 heteroatoms. The smallest absolute Gasteiger partial charge is 0.231 e. The third kappa shape index (κ3) is 5.53. The fraction of sp³-hybridized carbons (Fsp3) is 0.167. The molecule has 0 unspecified atom stereocenters. The molecule has 0 atom stereocenters. The van der Waals surface area contributed by atoms with Crippen LogP contribution in [0, 0.1) is 0 Å². The first kappa shape index (κ1) is 21.6. The van der Waals surface area contributed by atoms with Gasteiger partial charge in [0.25, 0.3) is 0 Å². The predicted molar refractivity (Wildman–Crippen MR) is 125 cm³/mol. The average Bonchev–Trinajstić information content (AvgIpc) is 3.16. The third-order valence-corrected chi connectivity index (χ3v) is 5.87. The fourth-order valence-corrected chi connectivity index (χ4v) is 3.89. The molecule has 1 heterocycles. The summed E-state index contributed by atoms with van der Waals surface area (Å²) in [5.74, 6) is 1.03. The Hall–Kier alpha value is -3.65. The van der Waals surface area contributed by atoms with Gasteiger partial charge < -0.3 is 14.6 Å². The van der Waals surface area contributed by atoms with Crippen molar-refractivity contribution >= 4 is 39.9 Å². The van der Waals surface area contributed by atoms with Gasteiger partial charge in [-0.15, -0.1) is 10.2 Å². The van der Waals surface area contributed by atoms with Crippen molar-refractivity contribution < 1.29 is 14.3 Å². The molecule has 0 radical (unpaired) electrons. The Morgan fingerprint density at radius 1 is 0.969 bits per heavy atom.